The van der Waals surface area contributed by atoms with Gasteiger partial charge in [-0.05, 0) is 57.7 Å². The van der Waals surface area contributed by atoms with Gasteiger partial charge in [-0.1, -0.05) is 6.42 Å². The first-order chi connectivity index (χ1) is 15.1. The van der Waals surface area contributed by atoms with E-state index in [1.165, 1.54) is 6.42 Å². The molecular weight excluding hydrogens is 392 g/mol. The number of nitrogens with zero attached hydrogens (tertiary/aromatic N) is 6. The molecule has 1 fully saturated rings. The summed E-state index contributed by atoms with van der Waals surface area (Å²) in [5.74, 6) is 1.97. The van der Waals surface area contributed by atoms with Crippen molar-refractivity contribution in [1.82, 2.24) is 29.2 Å². The molecule has 8 nitrogen and oxygen atoms in total. The number of likely N-dealkylation sites (tertiary alicyclic amines) is 1. The van der Waals surface area contributed by atoms with Gasteiger partial charge in [-0.3, -0.25) is 9.59 Å². The lowest BCUT2D eigenvalue weighted by atomic mass is 10.1. The molecule has 2 aliphatic heterocycles. The minimum atomic E-state index is -0.0822. The summed E-state index contributed by atoms with van der Waals surface area (Å²) in [6.45, 7) is 5.87. The Labute approximate surface area is 180 Å². The standard InChI is InChI=1S/C23H28N6O2/c1-3-27-18-11-10-16(14-17(18)24-15(2)22(27)30)23(31)28-13-7-8-19(28)21-26-25-20-9-5-4-6-12-29(20)21/h10-11,14,19H,3-9,12-13H2,1-2H3/t19-/m0/s1. The number of rotatable bonds is 3. The molecule has 162 valence electrons. The third kappa shape index (κ3) is 3.34. The molecule has 0 N–H and O–H groups in total. The van der Waals surface area contributed by atoms with Gasteiger partial charge >= 0.3 is 0 Å². The van der Waals surface area contributed by atoms with Gasteiger partial charge < -0.3 is 14.0 Å². The second-order valence-corrected chi connectivity index (χ2v) is 8.54. The maximum atomic E-state index is 13.5. The molecule has 5 rings (SSSR count). The van der Waals surface area contributed by atoms with Gasteiger partial charge in [-0.15, -0.1) is 10.2 Å². The molecule has 1 atom stereocenters. The third-order valence-corrected chi connectivity index (χ3v) is 6.62. The lowest BCUT2D eigenvalue weighted by Crippen LogP contribution is -2.32. The molecule has 8 heteroatoms. The zero-order valence-electron chi connectivity index (χ0n) is 18.2. The number of hydrogen-bond acceptors (Lipinski definition) is 5. The Morgan fingerprint density at radius 3 is 2.84 bits per heavy atom. The van der Waals surface area contributed by atoms with Crippen LogP contribution in [0.2, 0.25) is 0 Å². The minimum absolute atomic E-state index is 0.0101. The van der Waals surface area contributed by atoms with E-state index in [4.69, 9.17) is 0 Å². The van der Waals surface area contributed by atoms with Gasteiger partial charge in [-0.25, -0.2) is 4.98 Å². The Bertz CT molecular complexity index is 1210. The average molecular weight is 421 g/mol. The maximum absolute atomic E-state index is 13.5. The summed E-state index contributed by atoms with van der Waals surface area (Å²) in [5, 5.41) is 8.95. The zero-order chi connectivity index (χ0) is 21.5. The van der Waals surface area contributed by atoms with Crippen molar-refractivity contribution in [1.29, 1.82) is 0 Å². The Morgan fingerprint density at radius 1 is 1.13 bits per heavy atom. The van der Waals surface area contributed by atoms with Gasteiger partial charge in [0.1, 0.15) is 11.5 Å². The van der Waals surface area contributed by atoms with Crippen LogP contribution in [0.4, 0.5) is 0 Å². The largest absolute Gasteiger partial charge is 0.328 e. The van der Waals surface area contributed by atoms with E-state index in [2.05, 4.69) is 19.7 Å². The summed E-state index contributed by atoms with van der Waals surface area (Å²) < 4.78 is 3.95. The number of aromatic nitrogens is 5. The number of aryl methyl sites for hydroxylation is 3. The predicted molar refractivity (Wildman–Crippen MR) is 117 cm³/mol. The highest BCUT2D eigenvalue weighted by molar-refractivity contribution is 5.97. The highest BCUT2D eigenvalue weighted by atomic mass is 16.2. The van der Waals surface area contributed by atoms with Gasteiger partial charge in [0.15, 0.2) is 5.82 Å². The van der Waals surface area contributed by atoms with Crippen molar-refractivity contribution in [3.05, 3.63) is 51.5 Å². The topological polar surface area (TPSA) is 85.9 Å². The quantitative estimate of drug-likeness (QED) is 0.650. The van der Waals surface area contributed by atoms with Crippen LogP contribution < -0.4 is 5.56 Å². The van der Waals surface area contributed by atoms with Gasteiger partial charge in [0.05, 0.1) is 17.1 Å². The molecule has 1 aromatic carbocycles. The number of benzene rings is 1. The number of amides is 1. The molecule has 4 heterocycles. The number of carbonyl (C=O) groups is 1. The monoisotopic (exact) mass is 420 g/mol. The first-order valence-electron chi connectivity index (χ1n) is 11.3. The molecule has 1 saturated heterocycles. The molecule has 0 aliphatic carbocycles. The molecular formula is C23H28N6O2. The van der Waals surface area contributed by atoms with Gasteiger partial charge in [0, 0.05) is 31.6 Å². The van der Waals surface area contributed by atoms with Crippen molar-refractivity contribution in [2.24, 2.45) is 0 Å². The van der Waals surface area contributed by atoms with E-state index in [9.17, 15) is 9.59 Å². The molecule has 0 bridgehead atoms. The van der Waals surface area contributed by atoms with Crippen molar-refractivity contribution in [3.8, 4) is 0 Å². The van der Waals surface area contributed by atoms with Crippen LogP contribution in [-0.4, -0.2) is 41.7 Å². The third-order valence-electron chi connectivity index (χ3n) is 6.62. The molecule has 3 aromatic rings. The highest BCUT2D eigenvalue weighted by Crippen LogP contribution is 2.33. The van der Waals surface area contributed by atoms with Crippen LogP contribution >= 0.6 is 0 Å². The van der Waals surface area contributed by atoms with Crippen LogP contribution in [0.1, 0.15) is 72.8 Å². The SMILES string of the molecule is CCn1c(=O)c(C)nc2cc(C(=O)N3CCC[C@H]3c3nnc4n3CCCCC4)ccc21. The molecule has 0 radical (unpaired) electrons. The lowest BCUT2D eigenvalue weighted by Gasteiger charge is -2.25. The summed E-state index contributed by atoms with van der Waals surface area (Å²) in [6.07, 6.45) is 6.32. The van der Waals surface area contributed by atoms with Crippen LogP contribution in [-0.2, 0) is 19.5 Å². The van der Waals surface area contributed by atoms with Crippen molar-refractivity contribution < 1.29 is 4.79 Å². The zero-order valence-corrected chi connectivity index (χ0v) is 18.2. The van der Waals surface area contributed by atoms with E-state index in [-0.39, 0.29) is 17.5 Å². The Balaban J connectivity index is 1.50. The second-order valence-electron chi connectivity index (χ2n) is 8.54. The van der Waals surface area contributed by atoms with Gasteiger partial charge in [0.2, 0.25) is 0 Å². The van der Waals surface area contributed by atoms with Crippen LogP contribution in [0.5, 0.6) is 0 Å². The fraction of sp³-hybridized carbons (Fsp3) is 0.522. The van der Waals surface area contributed by atoms with Crippen molar-refractivity contribution in [3.63, 3.8) is 0 Å². The van der Waals surface area contributed by atoms with Crippen molar-refractivity contribution in [2.75, 3.05) is 6.54 Å². The molecule has 0 spiro atoms. The van der Waals surface area contributed by atoms with E-state index in [1.807, 2.05) is 30.0 Å². The molecule has 0 saturated carbocycles. The minimum Gasteiger partial charge on any atom is -0.328 e. The predicted octanol–water partition coefficient (Wildman–Crippen LogP) is 3.02. The first kappa shape index (κ1) is 19.9. The van der Waals surface area contributed by atoms with Crippen LogP contribution in [0.15, 0.2) is 23.0 Å². The van der Waals surface area contributed by atoms with E-state index in [0.29, 0.717) is 29.9 Å². The van der Waals surface area contributed by atoms with E-state index in [1.54, 1.807) is 11.5 Å². The molecule has 31 heavy (non-hydrogen) atoms. The maximum Gasteiger partial charge on any atom is 0.272 e. The van der Waals surface area contributed by atoms with Crippen molar-refractivity contribution in [2.45, 2.75) is 71.5 Å². The summed E-state index contributed by atoms with van der Waals surface area (Å²) in [4.78, 5) is 32.3. The fourth-order valence-electron chi connectivity index (χ4n) is 5.02. The molecule has 1 amide bonds. The van der Waals surface area contributed by atoms with Crippen LogP contribution in [0.25, 0.3) is 11.0 Å². The second kappa shape index (κ2) is 7.90. The van der Waals surface area contributed by atoms with E-state index < -0.39 is 0 Å². The smallest absolute Gasteiger partial charge is 0.272 e. The number of fused-ring (bicyclic) bond motifs is 2. The van der Waals surface area contributed by atoms with Crippen molar-refractivity contribution >= 4 is 16.9 Å². The summed E-state index contributed by atoms with van der Waals surface area (Å²) in [5.41, 5.74) is 2.40. The summed E-state index contributed by atoms with van der Waals surface area (Å²) in [6, 6.07) is 5.43. The average Bonchev–Trinajstić information content (AvgIpc) is 3.34. The lowest BCUT2D eigenvalue weighted by molar-refractivity contribution is 0.0727. The Morgan fingerprint density at radius 2 is 2.00 bits per heavy atom. The van der Waals surface area contributed by atoms with Crippen LogP contribution in [0.3, 0.4) is 0 Å². The molecule has 2 aliphatic rings. The van der Waals surface area contributed by atoms with E-state index in [0.717, 1.165) is 55.8 Å². The summed E-state index contributed by atoms with van der Waals surface area (Å²) in [7, 11) is 0. The summed E-state index contributed by atoms with van der Waals surface area (Å²) >= 11 is 0. The van der Waals surface area contributed by atoms with E-state index >= 15 is 0 Å². The fourth-order valence-corrected chi connectivity index (χ4v) is 5.02. The number of hydrogen-bond donors (Lipinski definition) is 0. The first-order valence-corrected chi connectivity index (χ1v) is 11.3. The number of carbonyl (C=O) groups excluding carboxylic acids is 1. The normalized spacial score (nSPS) is 18.9. The van der Waals surface area contributed by atoms with Gasteiger partial charge in [-0.2, -0.15) is 0 Å². The molecule has 2 aromatic heterocycles. The van der Waals surface area contributed by atoms with Gasteiger partial charge in [0.25, 0.3) is 11.5 Å². The Hall–Kier alpha value is -3.03. The molecule has 0 unspecified atom stereocenters. The Kier molecular flexibility index (Phi) is 5.08. The van der Waals surface area contributed by atoms with Crippen LogP contribution in [0, 0.1) is 6.92 Å². The highest BCUT2D eigenvalue weighted by Gasteiger charge is 2.35.